The summed E-state index contributed by atoms with van der Waals surface area (Å²) in [5.74, 6) is 2.09. The van der Waals surface area contributed by atoms with Crippen LogP contribution in [0.15, 0.2) is 12.1 Å². The van der Waals surface area contributed by atoms with E-state index in [1.165, 1.54) is 18.4 Å². The maximum absolute atomic E-state index is 6.22. The van der Waals surface area contributed by atoms with Crippen molar-refractivity contribution in [3.63, 3.8) is 0 Å². The number of piperidine rings is 1. The predicted molar refractivity (Wildman–Crippen MR) is 79.2 cm³/mol. The van der Waals surface area contributed by atoms with E-state index in [1.807, 2.05) is 12.1 Å². The van der Waals surface area contributed by atoms with Crippen molar-refractivity contribution in [3.8, 4) is 11.5 Å². The Hall–Kier alpha value is -0.970. The number of hydrogen-bond donors (Lipinski definition) is 1. The van der Waals surface area contributed by atoms with Crippen LogP contribution >= 0.6 is 11.6 Å². The fraction of sp³-hybridized carbons (Fsp3) is 0.600. The van der Waals surface area contributed by atoms with Crippen molar-refractivity contribution in [2.24, 2.45) is 11.7 Å². The van der Waals surface area contributed by atoms with Crippen LogP contribution < -0.4 is 15.2 Å². The van der Waals surface area contributed by atoms with Crippen LogP contribution in [0.1, 0.15) is 25.3 Å². The molecule has 0 aliphatic carbocycles. The number of ether oxygens (including phenoxy) is 2. The Labute approximate surface area is 124 Å². The predicted octanol–water partition coefficient (Wildman–Crippen LogP) is 2.63. The first kappa shape index (κ1) is 14.0. The van der Waals surface area contributed by atoms with Crippen molar-refractivity contribution in [1.29, 1.82) is 0 Å². The van der Waals surface area contributed by atoms with Crippen LogP contribution in [0.25, 0.3) is 0 Å². The van der Waals surface area contributed by atoms with Crippen molar-refractivity contribution in [3.05, 3.63) is 22.7 Å². The molecule has 5 heteroatoms. The van der Waals surface area contributed by atoms with Gasteiger partial charge in [-0.25, -0.2) is 0 Å². The van der Waals surface area contributed by atoms with Crippen LogP contribution in [0.5, 0.6) is 11.5 Å². The number of rotatable bonds is 3. The number of hydrogen-bond acceptors (Lipinski definition) is 4. The molecule has 1 aromatic carbocycles. The van der Waals surface area contributed by atoms with Crippen molar-refractivity contribution < 1.29 is 9.47 Å². The van der Waals surface area contributed by atoms with Crippen LogP contribution in [0.4, 0.5) is 0 Å². The average Bonchev–Trinajstić information content (AvgIpc) is 2.88. The number of likely N-dealkylation sites (tertiary alicyclic amines) is 1. The Morgan fingerprint density at radius 2 is 2.10 bits per heavy atom. The molecule has 0 saturated carbocycles. The highest BCUT2D eigenvalue weighted by Gasteiger charge is 2.23. The molecule has 2 N–H and O–H groups in total. The first-order valence-corrected chi connectivity index (χ1v) is 7.57. The molecule has 0 bridgehead atoms. The van der Waals surface area contributed by atoms with Gasteiger partial charge < -0.3 is 15.2 Å². The summed E-state index contributed by atoms with van der Waals surface area (Å²) in [6, 6.07) is 4.32. The van der Waals surface area contributed by atoms with Gasteiger partial charge in [0.1, 0.15) is 0 Å². The molecule has 2 aliphatic rings. The van der Waals surface area contributed by atoms with E-state index >= 15 is 0 Å². The summed E-state index contributed by atoms with van der Waals surface area (Å²) >= 11 is 6.22. The third-order valence-electron chi connectivity index (χ3n) is 4.27. The number of benzene rings is 1. The Kier molecular flexibility index (Phi) is 4.06. The van der Waals surface area contributed by atoms with E-state index in [-0.39, 0.29) is 6.79 Å². The molecule has 1 fully saturated rings. The largest absolute Gasteiger partial charge is 0.454 e. The van der Waals surface area contributed by atoms with Gasteiger partial charge in [0.15, 0.2) is 11.5 Å². The Morgan fingerprint density at radius 3 is 2.80 bits per heavy atom. The second-order valence-electron chi connectivity index (χ2n) is 5.78. The molecule has 1 unspecified atom stereocenters. The first-order valence-electron chi connectivity index (χ1n) is 7.19. The minimum atomic E-state index is 0.262. The minimum Gasteiger partial charge on any atom is -0.454 e. The highest BCUT2D eigenvalue weighted by atomic mass is 35.5. The summed E-state index contributed by atoms with van der Waals surface area (Å²) in [4.78, 5) is 2.45. The summed E-state index contributed by atoms with van der Waals surface area (Å²) in [5.41, 5.74) is 7.16. The van der Waals surface area contributed by atoms with E-state index in [4.69, 9.17) is 26.8 Å². The van der Waals surface area contributed by atoms with Crippen LogP contribution in [0.3, 0.4) is 0 Å². The van der Waals surface area contributed by atoms with Gasteiger partial charge in [-0.1, -0.05) is 11.6 Å². The zero-order chi connectivity index (χ0) is 14.1. The lowest BCUT2D eigenvalue weighted by Crippen LogP contribution is -2.39. The Balaban J connectivity index is 1.63. The van der Waals surface area contributed by atoms with E-state index in [0.717, 1.165) is 25.4 Å². The zero-order valence-electron chi connectivity index (χ0n) is 11.8. The molecule has 20 heavy (non-hydrogen) atoms. The van der Waals surface area contributed by atoms with Crippen molar-refractivity contribution in [2.75, 3.05) is 19.9 Å². The van der Waals surface area contributed by atoms with E-state index in [9.17, 15) is 0 Å². The Bertz CT molecular complexity index is 485. The number of nitrogens with zero attached hydrogens (tertiary/aromatic N) is 1. The average molecular weight is 297 g/mol. The van der Waals surface area contributed by atoms with Crippen LogP contribution in [-0.4, -0.2) is 30.8 Å². The molecule has 1 saturated heterocycles. The van der Waals surface area contributed by atoms with Crippen LogP contribution in [0.2, 0.25) is 5.02 Å². The quantitative estimate of drug-likeness (QED) is 0.931. The van der Waals surface area contributed by atoms with Gasteiger partial charge in [0.25, 0.3) is 0 Å². The molecule has 2 heterocycles. The maximum Gasteiger partial charge on any atom is 0.231 e. The lowest BCUT2D eigenvalue weighted by molar-refractivity contribution is 0.165. The highest BCUT2D eigenvalue weighted by molar-refractivity contribution is 6.32. The van der Waals surface area contributed by atoms with Crippen molar-refractivity contribution >= 4 is 11.6 Å². The van der Waals surface area contributed by atoms with Gasteiger partial charge in [0.05, 0.1) is 5.02 Å². The SMILES string of the molecule is CC(N)C1CCN(Cc2cc(Cl)c3c(c2)OCO3)CC1. The van der Waals surface area contributed by atoms with E-state index in [1.54, 1.807) is 0 Å². The standard InChI is InChI=1S/C15H21ClN2O2/c1-10(17)12-2-4-18(5-3-12)8-11-6-13(16)15-14(7-11)19-9-20-15/h6-7,10,12H,2-5,8-9,17H2,1H3. The number of fused-ring (bicyclic) bond motifs is 1. The molecule has 1 atom stereocenters. The fourth-order valence-corrected chi connectivity index (χ4v) is 3.29. The van der Waals surface area contributed by atoms with Gasteiger partial charge in [-0.2, -0.15) is 0 Å². The lowest BCUT2D eigenvalue weighted by Gasteiger charge is -2.33. The summed E-state index contributed by atoms with van der Waals surface area (Å²) in [6.45, 7) is 5.47. The van der Waals surface area contributed by atoms with Gasteiger partial charge in [-0.15, -0.1) is 0 Å². The molecule has 4 nitrogen and oxygen atoms in total. The summed E-state index contributed by atoms with van der Waals surface area (Å²) in [6.07, 6.45) is 2.35. The summed E-state index contributed by atoms with van der Waals surface area (Å²) in [5, 5.41) is 0.639. The molecule has 0 radical (unpaired) electrons. The van der Waals surface area contributed by atoms with Crippen molar-refractivity contribution in [1.82, 2.24) is 4.90 Å². The molecular formula is C15H21ClN2O2. The molecule has 1 aromatic rings. The number of halogens is 1. The van der Waals surface area contributed by atoms with E-state index < -0.39 is 0 Å². The minimum absolute atomic E-state index is 0.262. The van der Waals surface area contributed by atoms with Gasteiger partial charge in [0, 0.05) is 12.6 Å². The van der Waals surface area contributed by atoms with Crippen LogP contribution in [-0.2, 0) is 6.54 Å². The van der Waals surface area contributed by atoms with E-state index in [0.29, 0.717) is 22.7 Å². The Morgan fingerprint density at radius 1 is 1.35 bits per heavy atom. The molecular weight excluding hydrogens is 276 g/mol. The van der Waals surface area contributed by atoms with Crippen molar-refractivity contribution in [2.45, 2.75) is 32.4 Å². The highest BCUT2D eigenvalue weighted by Crippen LogP contribution is 2.40. The third-order valence-corrected chi connectivity index (χ3v) is 4.55. The van der Waals surface area contributed by atoms with Gasteiger partial charge >= 0.3 is 0 Å². The summed E-state index contributed by atoms with van der Waals surface area (Å²) in [7, 11) is 0. The first-order chi connectivity index (χ1) is 9.63. The number of nitrogens with two attached hydrogens (primary N) is 1. The summed E-state index contributed by atoms with van der Waals surface area (Å²) < 4.78 is 10.7. The molecule has 0 amide bonds. The topological polar surface area (TPSA) is 47.7 Å². The molecule has 3 rings (SSSR count). The lowest BCUT2D eigenvalue weighted by atomic mass is 9.91. The monoisotopic (exact) mass is 296 g/mol. The van der Waals surface area contributed by atoms with Gasteiger partial charge in [-0.3, -0.25) is 4.90 Å². The third kappa shape index (κ3) is 2.87. The maximum atomic E-state index is 6.22. The fourth-order valence-electron chi connectivity index (χ4n) is 3.01. The second kappa shape index (κ2) is 5.80. The normalized spacial score (nSPS) is 21.1. The zero-order valence-corrected chi connectivity index (χ0v) is 12.5. The van der Waals surface area contributed by atoms with Gasteiger partial charge in [0.2, 0.25) is 6.79 Å². The van der Waals surface area contributed by atoms with Gasteiger partial charge in [-0.05, 0) is 56.5 Å². The smallest absolute Gasteiger partial charge is 0.231 e. The second-order valence-corrected chi connectivity index (χ2v) is 6.19. The van der Waals surface area contributed by atoms with Crippen LogP contribution in [0, 0.1) is 5.92 Å². The molecule has 0 spiro atoms. The molecule has 0 aromatic heterocycles. The van der Waals surface area contributed by atoms with E-state index in [2.05, 4.69) is 11.8 Å². The molecule has 110 valence electrons. The molecule has 2 aliphatic heterocycles.